The summed E-state index contributed by atoms with van der Waals surface area (Å²) in [4.78, 5) is 19.9. The molecule has 1 saturated carbocycles. The van der Waals surface area contributed by atoms with Gasteiger partial charge in [-0.25, -0.2) is 14.8 Å². The number of imidazole rings is 2. The summed E-state index contributed by atoms with van der Waals surface area (Å²) in [5.41, 5.74) is 4.52. The number of carboxylic acids is 1. The van der Waals surface area contributed by atoms with E-state index in [0.717, 1.165) is 54.7 Å². The summed E-state index contributed by atoms with van der Waals surface area (Å²) in [7, 11) is 0. The van der Waals surface area contributed by atoms with Crippen molar-refractivity contribution in [2.75, 3.05) is 13.1 Å². The maximum absolute atomic E-state index is 14.3. The Balaban J connectivity index is 0.000000493. The van der Waals surface area contributed by atoms with E-state index in [0.29, 0.717) is 17.1 Å². The molecule has 0 unspecified atom stereocenters. The highest BCUT2D eigenvalue weighted by molar-refractivity contribution is 5.81. The number of aliphatic carboxylic acids is 1. The molecule has 41 heavy (non-hydrogen) atoms. The van der Waals surface area contributed by atoms with Crippen LogP contribution in [-0.2, 0) is 17.5 Å². The van der Waals surface area contributed by atoms with Crippen LogP contribution in [0.1, 0.15) is 54.3 Å². The van der Waals surface area contributed by atoms with Gasteiger partial charge in [-0.2, -0.15) is 26.3 Å². The van der Waals surface area contributed by atoms with E-state index < -0.39 is 24.0 Å². The van der Waals surface area contributed by atoms with Gasteiger partial charge in [-0.3, -0.25) is 13.9 Å². The summed E-state index contributed by atoms with van der Waals surface area (Å²) in [6.07, 6.45) is -4.75. The third kappa shape index (κ3) is 6.50. The van der Waals surface area contributed by atoms with Crippen molar-refractivity contribution in [3.63, 3.8) is 0 Å². The molecule has 0 bridgehead atoms. The number of hydrogen-bond acceptors (Lipinski definition) is 4. The van der Waals surface area contributed by atoms with E-state index in [1.54, 1.807) is 21.2 Å². The first kappa shape index (κ1) is 30.4. The number of rotatable bonds is 7. The minimum absolute atomic E-state index is 0.191. The Morgan fingerprint density at radius 2 is 1.71 bits per heavy atom. The molecule has 1 aliphatic carbocycles. The molecule has 0 amide bonds. The van der Waals surface area contributed by atoms with Gasteiger partial charge in [0.15, 0.2) is 11.3 Å². The molecule has 4 aromatic rings. The summed E-state index contributed by atoms with van der Waals surface area (Å²) in [5, 5.41) is 7.12. The normalized spacial score (nSPS) is 14.1. The number of nitrogens with zero attached hydrogens (tertiary/aromatic N) is 5. The third-order valence-corrected chi connectivity index (χ3v) is 6.87. The summed E-state index contributed by atoms with van der Waals surface area (Å²) < 4.78 is 78.1. The first-order valence-electron chi connectivity index (χ1n) is 13.2. The molecule has 3 aromatic heterocycles. The van der Waals surface area contributed by atoms with E-state index in [1.807, 2.05) is 39.0 Å². The highest BCUT2D eigenvalue weighted by Crippen LogP contribution is 2.38. The topological polar surface area (TPSA) is 75.7 Å². The second-order valence-electron chi connectivity index (χ2n) is 10.5. The summed E-state index contributed by atoms with van der Waals surface area (Å²) in [6, 6.07) is 7.69. The largest absolute Gasteiger partial charge is 0.490 e. The van der Waals surface area contributed by atoms with Crippen LogP contribution in [0.25, 0.3) is 22.6 Å². The Labute approximate surface area is 232 Å². The minimum Gasteiger partial charge on any atom is -0.475 e. The molecule has 0 saturated heterocycles. The number of carbonyl (C=O) groups is 1. The third-order valence-electron chi connectivity index (χ3n) is 6.87. The lowest BCUT2D eigenvalue weighted by molar-refractivity contribution is -0.192. The van der Waals surface area contributed by atoms with Crippen molar-refractivity contribution in [3.8, 4) is 5.69 Å². The number of carboxylic acid groups (broad SMARTS) is 1. The molecule has 13 heteroatoms. The van der Waals surface area contributed by atoms with Gasteiger partial charge in [0.25, 0.3) is 0 Å². The predicted octanol–water partition coefficient (Wildman–Crippen LogP) is 6.87. The van der Waals surface area contributed by atoms with Crippen molar-refractivity contribution < 1.29 is 36.2 Å². The monoisotopic (exact) mass is 583 g/mol. The number of halogens is 6. The van der Waals surface area contributed by atoms with Gasteiger partial charge in [0, 0.05) is 19.3 Å². The van der Waals surface area contributed by atoms with Crippen molar-refractivity contribution in [3.05, 3.63) is 58.5 Å². The van der Waals surface area contributed by atoms with Gasteiger partial charge < -0.3 is 5.11 Å². The van der Waals surface area contributed by atoms with Gasteiger partial charge in [0.05, 0.1) is 16.9 Å². The summed E-state index contributed by atoms with van der Waals surface area (Å²) >= 11 is 0. The molecule has 222 valence electrons. The van der Waals surface area contributed by atoms with Gasteiger partial charge in [-0.05, 0) is 75.8 Å². The maximum atomic E-state index is 14.3. The zero-order valence-corrected chi connectivity index (χ0v) is 23.1. The molecule has 1 fully saturated rings. The fourth-order valence-corrected chi connectivity index (χ4v) is 5.21. The molecule has 0 spiro atoms. The zero-order chi connectivity index (χ0) is 30.3. The molecule has 7 nitrogen and oxygen atoms in total. The molecule has 0 atom stereocenters. The van der Waals surface area contributed by atoms with Crippen molar-refractivity contribution in [2.24, 2.45) is 5.92 Å². The standard InChI is InChI=1S/C26H30F3N5.C2HF3O2/c1-5-11-32(14-19-8-9-19)15-21-23(26(27,28)29)31-25-33(21)20-7-6-10-30-24(20)34(25)22-17(3)12-16(2)13-18(22)4;3-2(4,5)1(6)7/h6-7,10,12-13,19H,5,8-9,11,14-15H2,1-4H3;(H,6,7). The molecular formula is C28H31F6N5O2. The Morgan fingerprint density at radius 1 is 1.10 bits per heavy atom. The smallest absolute Gasteiger partial charge is 0.475 e. The van der Waals surface area contributed by atoms with Crippen molar-refractivity contribution in [2.45, 2.75) is 65.9 Å². The molecule has 5 rings (SSSR count). The Hall–Kier alpha value is -3.61. The highest BCUT2D eigenvalue weighted by atomic mass is 19.4. The van der Waals surface area contributed by atoms with Crippen LogP contribution in [-0.4, -0.2) is 54.2 Å². The fraction of sp³-hybridized carbons (Fsp3) is 0.464. The number of hydrogen-bond donors (Lipinski definition) is 1. The lowest BCUT2D eigenvalue weighted by Gasteiger charge is -2.22. The number of fused-ring (bicyclic) bond motifs is 3. The Morgan fingerprint density at radius 3 is 2.22 bits per heavy atom. The Bertz CT molecular complexity index is 1540. The fourth-order valence-electron chi connectivity index (χ4n) is 5.21. The summed E-state index contributed by atoms with van der Waals surface area (Å²) in [6.45, 7) is 9.83. The van der Waals surface area contributed by atoms with Crippen molar-refractivity contribution in [1.29, 1.82) is 0 Å². The Kier molecular flexibility index (Phi) is 8.40. The second-order valence-corrected chi connectivity index (χ2v) is 10.5. The van der Waals surface area contributed by atoms with Gasteiger partial charge in [0.2, 0.25) is 5.78 Å². The predicted molar refractivity (Wildman–Crippen MR) is 141 cm³/mol. The van der Waals surface area contributed by atoms with E-state index in [2.05, 4.69) is 21.8 Å². The molecular weight excluding hydrogens is 552 g/mol. The van der Waals surface area contributed by atoms with E-state index in [1.165, 1.54) is 0 Å². The van der Waals surface area contributed by atoms with Crippen LogP contribution in [0, 0.1) is 26.7 Å². The number of aryl methyl sites for hydroxylation is 3. The number of pyridine rings is 1. The van der Waals surface area contributed by atoms with Crippen LogP contribution < -0.4 is 0 Å². The SMILES string of the molecule is CCCN(Cc1c(C(F)(F)F)nc2n(-c3c(C)cc(C)cc3C)c3ncccc3n12)CC1CC1.O=C(O)C(F)(F)F. The van der Waals surface area contributed by atoms with Gasteiger partial charge in [0.1, 0.15) is 0 Å². The first-order chi connectivity index (χ1) is 19.1. The van der Waals surface area contributed by atoms with Gasteiger partial charge in [-0.1, -0.05) is 24.6 Å². The van der Waals surface area contributed by atoms with Crippen LogP contribution in [0.2, 0.25) is 0 Å². The summed E-state index contributed by atoms with van der Waals surface area (Å²) in [5.74, 6) is -1.91. The minimum atomic E-state index is -5.08. The van der Waals surface area contributed by atoms with E-state index >= 15 is 0 Å². The van der Waals surface area contributed by atoms with Crippen LogP contribution >= 0.6 is 0 Å². The molecule has 0 radical (unpaired) electrons. The maximum Gasteiger partial charge on any atom is 0.490 e. The average molecular weight is 584 g/mol. The lowest BCUT2D eigenvalue weighted by Crippen LogP contribution is -2.28. The number of benzene rings is 1. The quantitative estimate of drug-likeness (QED) is 0.240. The van der Waals surface area contributed by atoms with Gasteiger partial charge in [-0.15, -0.1) is 0 Å². The van der Waals surface area contributed by atoms with E-state index in [-0.39, 0.29) is 18.0 Å². The van der Waals surface area contributed by atoms with E-state index in [4.69, 9.17) is 9.90 Å². The molecule has 0 aliphatic heterocycles. The van der Waals surface area contributed by atoms with Crippen molar-refractivity contribution in [1.82, 2.24) is 23.8 Å². The van der Waals surface area contributed by atoms with Crippen LogP contribution in [0.3, 0.4) is 0 Å². The second kappa shape index (κ2) is 11.3. The highest BCUT2D eigenvalue weighted by Gasteiger charge is 2.40. The molecule has 1 aliphatic rings. The van der Waals surface area contributed by atoms with Gasteiger partial charge >= 0.3 is 18.3 Å². The average Bonchev–Trinajstić information content (AvgIpc) is 3.50. The molecule has 1 aromatic carbocycles. The number of alkyl halides is 6. The van der Waals surface area contributed by atoms with Crippen LogP contribution in [0.4, 0.5) is 26.3 Å². The van der Waals surface area contributed by atoms with Crippen molar-refractivity contribution >= 4 is 22.9 Å². The molecule has 1 N–H and O–H groups in total. The lowest BCUT2D eigenvalue weighted by atomic mass is 10.1. The van der Waals surface area contributed by atoms with E-state index in [9.17, 15) is 26.3 Å². The zero-order valence-electron chi connectivity index (χ0n) is 23.1. The van der Waals surface area contributed by atoms with Crippen LogP contribution in [0.5, 0.6) is 0 Å². The first-order valence-corrected chi connectivity index (χ1v) is 13.2. The molecule has 3 heterocycles. The number of aromatic nitrogens is 4. The van der Waals surface area contributed by atoms with Crippen LogP contribution in [0.15, 0.2) is 30.5 Å².